The van der Waals surface area contributed by atoms with Crippen LogP contribution in [-0.2, 0) is 6.42 Å². The number of alkyl halides is 1. The number of nitrogens with zero attached hydrogens (tertiary/aromatic N) is 1. The van der Waals surface area contributed by atoms with E-state index in [-0.39, 0.29) is 0 Å². The zero-order chi connectivity index (χ0) is 7.40. The van der Waals surface area contributed by atoms with Gasteiger partial charge in [0.25, 0.3) is 0 Å². The molecule has 0 unspecified atom stereocenters. The summed E-state index contributed by atoms with van der Waals surface area (Å²) < 4.78 is 1.15. The molecule has 2 heteroatoms. The molecule has 0 aliphatic heterocycles. The highest BCUT2D eigenvalue weighted by Gasteiger charge is 1.91. The van der Waals surface area contributed by atoms with Crippen LogP contribution in [0.2, 0.25) is 0 Å². The van der Waals surface area contributed by atoms with E-state index in [4.69, 9.17) is 0 Å². The Hall–Kier alpha value is -0.120. The zero-order valence-corrected chi connectivity index (χ0v) is 8.13. The van der Waals surface area contributed by atoms with Gasteiger partial charge in [-0.3, -0.25) is 4.98 Å². The summed E-state index contributed by atoms with van der Waals surface area (Å²) in [5.41, 5.74) is 2.32. The van der Waals surface area contributed by atoms with Crippen molar-refractivity contribution in [2.75, 3.05) is 4.43 Å². The lowest BCUT2D eigenvalue weighted by atomic mass is 10.3. The molecule has 0 saturated heterocycles. The summed E-state index contributed by atoms with van der Waals surface area (Å²) in [6.45, 7) is 2.02. The first-order valence-corrected chi connectivity index (χ1v) is 4.84. The van der Waals surface area contributed by atoms with Crippen molar-refractivity contribution in [1.82, 2.24) is 4.98 Å². The highest BCUT2D eigenvalue weighted by atomic mass is 127. The van der Waals surface area contributed by atoms with Crippen LogP contribution in [0.3, 0.4) is 0 Å². The second-order valence-electron chi connectivity index (χ2n) is 2.21. The Balaban J connectivity index is 2.75. The van der Waals surface area contributed by atoms with E-state index < -0.39 is 0 Å². The van der Waals surface area contributed by atoms with E-state index in [0.29, 0.717) is 0 Å². The average Bonchev–Trinajstić information content (AvgIpc) is 1.88. The summed E-state index contributed by atoms with van der Waals surface area (Å²) in [6, 6.07) is 6.16. The molecule has 0 aliphatic rings. The predicted octanol–water partition coefficient (Wildman–Crippen LogP) is 2.37. The van der Waals surface area contributed by atoms with Crippen LogP contribution in [0, 0.1) is 6.92 Å². The third-order valence-electron chi connectivity index (χ3n) is 1.30. The van der Waals surface area contributed by atoms with E-state index in [9.17, 15) is 0 Å². The Morgan fingerprint density at radius 3 is 2.90 bits per heavy atom. The van der Waals surface area contributed by atoms with Crippen molar-refractivity contribution >= 4 is 22.6 Å². The number of aromatic nitrogens is 1. The fourth-order valence-electron chi connectivity index (χ4n) is 0.836. The molecule has 54 valence electrons. The number of hydrogen-bond acceptors (Lipinski definition) is 1. The summed E-state index contributed by atoms with van der Waals surface area (Å²) in [5.74, 6) is 0. The Kier molecular flexibility index (Phi) is 3.12. The van der Waals surface area contributed by atoms with Gasteiger partial charge in [-0.15, -0.1) is 0 Å². The van der Waals surface area contributed by atoms with Crippen molar-refractivity contribution in [1.29, 1.82) is 0 Å². The highest BCUT2D eigenvalue weighted by Crippen LogP contribution is 2.00. The van der Waals surface area contributed by atoms with E-state index >= 15 is 0 Å². The Morgan fingerprint density at radius 1 is 1.50 bits per heavy atom. The molecule has 1 nitrogen and oxygen atoms in total. The molecule has 0 radical (unpaired) electrons. The molecule has 0 saturated carbocycles. The zero-order valence-electron chi connectivity index (χ0n) is 5.97. The lowest BCUT2D eigenvalue weighted by Crippen LogP contribution is -1.91. The summed E-state index contributed by atoms with van der Waals surface area (Å²) in [6.07, 6.45) is 1.09. The van der Waals surface area contributed by atoms with Crippen LogP contribution in [0.1, 0.15) is 11.4 Å². The van der Waals surface area contributed by atoms with Crippen molar-refractivity contribution in [2.45, 2.75) is 13.3 Å². The minimum atomic E-state index is 1.09. The van der Waals surface area contributed by atoms with Gasteiger partial charge in [0.2, 0.25) is 0 Å². The van der Waals surface area contributed by atoms with E-state index in [0.717, 1.165) is 16.5 Å². The van der Waals surface area contributed by atoms with Gasteiger partial charge in [-0.1, -0.05) is 28.7 Å². The lowest BCUT2D eigenvalue weighted by Gasteiger charge is -1.96. The molecule has 0 aliphatic carbocycles. The van der Waals surface area contributed by atoms with E-state index in [1.807, 2.05) is 13.0 Å². The van der Waals surface area contributed by atoms with Gasteiger partial charge in [0.05, 0.1) is 0 Å². The summed E-state index contributed by atoms with van der Waals surface area (Å²) >= 11 is 2.36. The van der Waals surface area contributed by atoms with E-state index in [2.05, 4.69) is 39.7 Å². The SMILES string of the molecule is Cc1cccc(CCI)n1. The maximum absolute atomic E-state index is 4.36. The minimum absolute atomic E-state index is 1.09. The van der Waals surface area contributed by atoms with Gasteiger partial charge >= 0.3 is 0 Å². The number of aryl methyl sites for hydroxylation is 2. The van der Waals surface area contributed by atoms with Crippen molar-refractivity contribution in [3.05, 3.63) is 29.6 Å². The molecule has 10 heavy (non-hydrogen) atoms. The van der Waals surface area contributed by atoms with Gasteiger partial charge in [0.15, 0.2) is 0 Å². The third kappa shape index (κ3) is 2.25. The number of hydrogen-bond donors (Lipinski definition) is 0. The molecule has 0 bridgehead atoms. The van der Waals surface area contributed by atoms with Crippen molar-refractivity contribution < 1.29 is 0 Å². The van der Waals surface area contributed by atoms with Gasteiger partial charge in [0, 0.05) is 15.8 Å². The molecule has 0 spiro atoms. The van der Waals surface area contributed by atoms with Gasteiger partial charge in [0.1, 0.15) is 0 Å². The predicted molar refractivity (Wildman–Crippen MR) is 51.6 cm³/mol. The van der Waals surface area contributed by atoms with Crippen LogP contribution in [0.4, 0.5) is 0 Å². The first-order valence-electron chi connectivity index (χ1n) is 3.31. The normalized spacial score (nSPS) is 9.80. The lowest BCUT2D eigenvalue weighted by molar-refractivity contribution is 1.03. The van der Waals surface area contributed by atoms with E-state index in [1.165, 1.54) is 5.69 Å². The number of pyridine rings is 1. The third-order valence-corrected chi connectivity index (χ3v) is 1.84. The molecule has 1 aromatic rings. The van der Waals surface area contributed by atoms with Gasteiger partial charge in [-0.05, 0) is 25.5 Å². The fraction of sp³-hybridized carbons (Fsp3) is 0.375. The summed E-state index contributed by atoms with van der Waals surface area (Å²) in [5, 5.41) is 0. The molecule has 1 aromatic heterocycles. The molecule has 0 atom stereocenters. The molecule has 0 N–H and O–H groups in total. The Bertz CT molecular complexity index is 210. The van der Waals surface area contributed by atoms with Gasteiger partial charge < -0.3 is 0 Å². The maximum atomic E-state index is 4.36. The quantitative estimate of drug-likeness (QED) is 0.577. The van der Waals surface area contributed by atoms with Crippen LogP contribution < -0.4 is 0 Å². The number of rotatable bonds is 2. The maximum Gasteiger partial charge on any atom is 0.0414 e. The van der Waals surface area contributed by atoms with Crippen LogP contribution in [0.5, 0.6) is 0 Å². The average molecular weight is 247 g/mol. The second kappa shape index (κ2) is 3.91. The van der Waals surface area contributed by atoms with Gasteiger partial charge in [-0.25, -0.2) is 0 Å². The molecule has 1 rings (SSSR count). The molecular weight excluding hydrogens is 237 g/mol. The number of halogens is 1. The molecule has 0 amide bonds. The van der Waals surface area contributed by atoms with Crippen LogP contribution >= 0.6 is 22.6 Å². The summed E-state index contributed by atoms with van der Waals surface area (Å²) in [7, 11) is 0. The van der Waals surface area contributed by atoms with Gasteiger partial charge in [-0.2, -0.15) is 0 Å². The Labute approximate surface area is 75.0 Å². The monoisotopic (exact) mass is 247 g/mol. The van der Waals surface area contributed by atoms with E-state index in [1.54, 1.807) is 0 Å². The van der Waals surface area contributed by atoms with Crippen LogP contribution in [-0.4, -0.2) is 9.41 Å². The van der Waals surface area contributed by atoms with Crippen molar-refractivity contribution in [2.24, 2.45) is 0 Å². The highest BCUT2D eigenvalue weighted by molar-refractivity contribution is 14.1. The standard InChI is InChI=1S/C8H10IN/c1-7-3-2-4-8(10-7)5-6-9/h2-4H,5-6H2,1H3. The first-order chi connectivity index (χ1) is 4.83. The summed E-state index contributed by atoms with van der Waals surface area (Å²) in [4.78, 5) is 4.36. The fourth-order valence-corrected chi connectivity index (χ4v) is 1.39. The van der Waals surface area contributed by atoms with Crippen LogP contribution in [0.25, 0.3) is 0 Å². The molecule has 0 fully saturated rings. The van der Waals surface area contributed by atoms with Crippen molar-refractivity contribution in [3.63, 3.8) is 0 Å². The molecular formula is C8H10IN. The van der Waals surface area contributed by atoms with Crippen molar-refractivity contribution in [3.8, 4) is 0 Å². The molecule has 0 aromatic carbocycles. The second-order valence-corrected chi connectivity index (χ2v) is 3.29. The largest absolute Gasteiger partial charge is 0.258 e. The van der Waals surface area contributed by atoms with Crippen LogP contribution in [0.15, 0.2) is 18.2 Å². The smallest absolute Gasteiger partial charge is 0.0414 e. The molecule has 1 heterocycles. The first kappa shape index (κ1) is 7.98. The minimum Gasteiger partial charge on any atom is -0.258 e. The Morgan fingerprint density at radius 2 is 2.30 bits per heavy atom. The topological polar surface area (TPSA) is 12.9 Å².